The summed E-state index contributed by atoms with van der Waals surface area (Å²) in [5.41, 5.74) is 1.58. The third kappa shape index (κ3) is 2.73. The molecule has 1 nitrogen and oxygen atoms in total. The molecule has 2 aliphatic rings. The van der Waals surface area contributed by atoms with Crippen LogP contribution in [0.15, 0.2) is 29.2 Å². The first-order chi connectivity index (χ1) is 8.64. The second-order valence-electron chi connectivity index (χ2n) is 5.89. The first-order valence-corrected chi connectivity index (χ1v) is 8.69. The van der Waals surface area contributed by atoms with E-state index in [2.05, 4.69) is 54.8 Å². The van der Waals surface area contributed by atoms with Crippen LogP contribution in [0.5, 0.6) is 0 Å². The molecular weight excluding hydrogens is 258 g/mol. The molecule has 0 aliphatic carbocycles. The van der Waals surface area contributed by atoms with Gasteiger partial charge in [0.1, 0.15) is 0 Å². The Balaban J connectivity index is 1.68. The molecule has 2 heterocycles. The zero-order valence-corrected chi connectivity index (χ0v) is 12.8. The highest BCUT2D eigenvalue weighted by atomic mass is 32.2. The summed E-state index contributed by atoms with van der Waals surface area (Å²) in [5, 5.41) is 0. The van der Waals surface area contributed by atoms with Gasteiger partial charge in [0.25, 0.3) is 0 Å². The van der Waals surface area contributed by atoms with Crippen molar-refractivity contribution in [1.29, 1.82) is 0 Å². The van der Waals surface area contributed by atoms with Gasteiger partial charge in [-0.15, -0.1) is 11.8 Å². The number of benzene rings is 1. The normalized spacial score (nSPS) is 27.1. The molecule has 98 valence electrons. The molecule has 0 bridgehead atoms. The second-order valence-corrected chi connectivity index (χ2v) is 8.75. The summed E-state index contributed by atoms with van der Waals surface area (Å²) in [6.45, 7) is 8.49. The summed E-state index contributed by atoms with van der Waals surface area (Å²) in [4.78, 5) is 4.18. The van der Waals surface area contributed by atoms with E-state index in [-0.39, 0.29) is 0 Å². The molecular formula is C15H21NS2. The predicted octanol–water partition coefficient (Wildman–Crippen LogP) is 3.70. The number of thioether (sulfide) groups is 2. The van der Waals surface area contributed by atoms with Crippen LogP contribution in [0.2, 0.25) is 0 Å². The van der Waals surface area contributed by atoms with Crippen molar-refractivity contribution < 1.29 is 0 Å². The van der Waals surface area contributed by atoms with Gasteiger partial charge >= 0.3 is 0 Å². The number of nitrogens with zero attached hydrogens (tertiary/aromatic N) is 1. The van der Waals surface area contributed by atoms with Crippen LogP contribution >= 0.6 is 23.5 Å². The van der Waals surface area contributed by atoms with Crippen LogP contribution in [-0.4, -0.2) is 40.8 Å². The average Bonchev–Trinajstić information content (AvgIpc) is 2.72. The highest BCUT2D eigenvalue weighted by Gasteiger charge is 2.30. The molecule has 3 rings (SSSR count). The molecule has 0 N–H and O–H groups in total. The van der Waals surface area contributed by atoms with Crippen LogP contribution in [0.1, 0.15) is 25.3 Å². The van der Waals surface area contributed by atoms with Crippen LogP contribution in [0.4, 0.5) is 0 Å². The molecule has 0 spiro atoms. The summed E-state index contributed by atoms with van der Waals surface area (Å²) in [5.74, 6) is 3.29. The zero-order chi connectivity index (χ0) is 12.6. The van der Waals surface area contributed by atoms with Gasteiger partial charge in [0.15, 0.2) is 0 Å². The Hall–Kier alpha value is -0.120. The van der Waals surface area contributed by atoms with E-state index in [1.54, 1.807) is 5.56 Å². The van der Waals surface area contributed by atoms with Gasteiger partial charge in [-0.05, 0) is 25.5 Å². The van der Waals surface area contributed by atoms with E-state index in [0.29, 0.717) is 4.75 Å². The molecule has 0 radical (unpaired) electrons. The molecule has 0 aromatic heterocycles. The minimum atomic E-state index is 0.434. The maximum Gasteiger partial charge on any atom is 0.0231 e. The lowest BCUT2D eigenvalue weighted by Crippen LogP contribution is -2.44. The maximum absolute atomic E-state index is 2.67. The molecule has 3 heteroatoms. The van der Waals surface area contributed by atoms with Crippen molar-refractivity contribution in [1.82, 2.24) is 4.90 Å². The lowest BCUT2D eigenvalue weighted by atomic mass is 10.00. The first-order valence-electron chi connectivity index (χ1n) is 6.72. The Kier molecular flexibility index (Phi) is 3.65. The molecule has 1 aromatic carbocycles. The van der Waals surface area contributed by atoms with E-state index in [9.17, 15) is 0 Å². The van der Waals surface area contributed by atoms with Crippen LogP contribution in [0, 0.1) is 0 Å². The van der Waals surface area contributed by atoms with Crippen LogP contribution in [0.3, 0.4) is 0 Å². The third-order valence-electron chi connectivity index (χ3n) is 3.78. The number of hydrogen-bond acceptors (Lipinski definition) is 3. The molecule has 1 fully saturated rings. The highest BCUT2D eigenvalue weighted by Crippen LogP contribution is 2.40. The van der Waals surface area contributed by atoms with Crippen LogP contribution < -0.4 is 0 Å². The Morgan fingerprint density at radius 1 is 1.33 bits per heavy atom. The van der Waals surface area contributed by atoms with Gasteiger partial charge in [-0.1, -0.05) is 18.2 Å². The smallest absolute Gasteiger partial charge is 0.0231 e. The fourth-order valence-electron chi connectivity index (χ4n) is 2.96. The molecule has 1 atom stereocenters. The Morgan fingerprint density at radius 2 is 2.17 bits per heavy atom. The molecule has 1 saturated heterocycles. The Labute approximate surface area is 119 Å². The minimum Gasteiger partial charge on any atom is -0.301 e. The van der Waals surface area contributed by atoms with Crippen LogP contribution in [0.25, 0.3) is 0 Å². The number of rotatable bonds is 2. The average molecular weight is 279 g/mol. The summed E-state index contributed by atoms with van der Waals surface area (Å²) < 4.78 is 0.434. The van der Waals surface area contributed by atoms with Gasteiger partial charge in [0.2, 0.25) is 0 Å². The highest BCUT2D eigenvalue weighted by molar-refractivity contribution is 8.00. The number of hydrogen-bond donors (Lipinski definition) is 0. The Morgan fingerprint density at radius 3 is 3.00 bits per heavy atom. The minimum absolute atomic E-state index is 0.434. The van der Waals surface area contributed by atoms with Gasteiger partial charge in [-0.25, -0.2) is 0 Å². The van der Waals surface area contributed by atoms with Crippen molar-refractivity contribution in [3.8, 4) is 0 Å². The van der Waals surface area contributed by atoms with E-state index >= 15 is 0 Å². The van der Waals surface area contributed by atoms with Crippen molar-refractivity contribution in [3.05, 3.63) is 29.8 Å². The maximum atomic E-state index is 2.67. The van der Waals surface area contributed by atoms with E-state index in [1.807, 2.05) is 11.8 Å². The molecule has 2 aliphatic heterocycles. The van der Waals surface area contributed by atoms with Crippen molar-refractivity contribution in [2.24, 2.45) is 0 Å². The molecule has 0 amide bonds. The zero-order valence-electron chi connectivity index (χ0n) is 11.2. The summed E-state index contributed by atoms with van der Waals surface area (Å²) in [7, 11) is 0. The first kappa shape index (κ1) is 12.9. The molecule has 0 saturated carbocycles. The third-order valence-corrected chi connectivity index (χ3v) is 6.33. The van der Waals surface area contributed by atoms with E-state index in [0.717, 1.165) is 5.92 Å². The fraction of sp³-hybridized carbons (Fsp3) is 0.600. The summed E-state index contributed by atoms with van der Waals surface area (Å²) in [6.07, 6.45) is 0. The topological polar surface area (TPSA) is 3.24 Å². The van der Waals surface area contributed by atoms with Crippen LogP contribution in [-0.2, 0) is 0 Å². The fourth-order valence-corrected chi connectivity index (χ4v) is 5.38. The molecule has 1 aromatic rings. The molecule has 18 heavy (non-hydrogen) atoms. The number of fused-ring (bicyclic) bond motifs is 1. The SMILES string of the molecule is CC1(C)CN(CC2CSc3ccccc32)CCS1. The van der Waals surface area contributed by atoms with E-state index in [4.69, 9.17) is 0 Å². The molecule has 1 unspecified atom stereocenters. The lowest BCUT2D eigenvalue weighted by molar-refractivity contribution is 0.250. The predicted molar refractivity (Wildman–Crippen MR) is 82.9 cm³/mol. The summed E-state index contributed by atoms with van der Waals surface area (Å²) in [6, 6.07) is 8.95. The van der Waals surface area contributed by atoms with Gasteiger partial charge < -0.3 is 4.90 Å². The van der Waals surface area contributed by atoms with Crippen molar-refractivity contribution in [2.75, 3.05) is 31.1 Å². The van der Waals surface area contributed by atoms with Crippen molar-refractivity contribution in [3.63, 3.8) is 0 Å². The van der Waals surface area contributed by atoms with E-state index in [1.165, 1.54) is 36.0 Å². The van der Waals surface area contributed by atoms with Gasteiger partial charge in [-0.3, -0.25) is 0 Å². The van der Waals surface area contributed by atoms with Crippen molar-refractivity contribution in [2.45, 2.75) is 29.4 Å². The standard InChI is InChI=1S/C15H21NS2/c1-15(2)11-16(7-8-18-15)9-12-10-17-14-6-4-3-5-13(12)14/h3-6,12H,7-11H2,1-2H3. The van der Waals surface area contributed by atoms with Gasteiger partial charge in [0, 0.05) is 46.7 Å². The van der Waals surface area contributed by atoms with E-state index < -0.39 is 0 Å². The second kappa shape index (κ2) is 5.10. The van der Waals surface area contributed by atoms with Gasteiger partial charge in [-0.2, -0.15) is 11.8 Å². The largest absolute Gasteiger partial charge is 0.301 e. The van der Waals surface area contributed by atoms with Gasteiger partial charge in [0.05, 0.1) is 0 Å². The summed E-state index contributed by atoms with van der Waals surface area (Å²) >= 11 is 4.15. The Bertz CT molecular complexity index is 430. The lowest BCUT2D eigenvalue weighted by Gasteiger charge is -2.38. The monoisotopic (exact) mass is 279 g/mol. The quantitative estimate of drug-likeness (QED) is 0.812. The van der Waals surface area contributed by atoms with Crippen molar-refractivity contribution >= 4 is 23.5 Å².